The minimum Gasteiger partial charge on any atom is -0.497 e. The van der Waals surface area contributed by atoms with Gasteiger partial charge in [-0.2, -0.15) is 0 Å². The van der Waals surface area contributed by atoms with E-state index in [2.05, 4.69) is 9.98 Å². The minimum atomic E-state index is 0.503. The lowest BCUT2D eigenvalue weighted by atomic mass is 10.2. The van der Waals surface area contributed by atoms with Crippen LogP contribution in [0.15, 0.2) is 29.3 Å². The molecule has 1 aromatic carbocycles. The molecule has 0 saturated carbocycles. The maximum Gasteiger partial charge on any atom is 0.242 e. The Balaban J connectivity index is 2.59. The molecule has 0 bridgehead atoms. The first kappa shape index (κ1) is 8.53. The molecule has 2 rings (SSSR count). The number of methoxy groups -OCH3 is 1. The second-order valence-corrected chi connectivity index (χ2v) is 2.81. The number of hydrogen-bond donors (Lipinski definition) is 1. The molecule has 0 radical (unpaired) electrons. The van der Waals surface area contributed by atoms with Crippen molar-refractivity contribution >= 4 is 22.8 Å². The zero-order valence-corrected chi connectivity index (χ0v) is 7.57. The molecule has 1 N–H and O–H groups in total. The van der Waals surface area contributed by atoms with Crippen molar-refractivity contribution in [2.24, 2.45) is 4.99 Å². The van der Waals surface area contributed by atoms with Gasteiger partial charge in [-0.3, -0.25) is 0 Å². The van der Waals surface area contributed by atoms with Gasteiger partial charge in [0.2, 0.25) is 6.08 Å². The third-order valence-electron chi connectivity index (χ3n) is 1.98. The first-order valence-electron chi connectivity index (χ1n) is 4.08. The Bertz CT molecular complexity index is 510. The van der Waals surface area contributed by atoms with E-state index >= 15 is 0 Å². The summed E-state index contributed by atoms with van der Waals surface area (Å²) in [6, 6.07) is 7.37. The quantitative estimate of drug-likeness (QED) is 0.579. The lowest BCUT2D eigenvalue weighted by Crippen LogP contribution is -1.80. The highest BCUT2D eigenvalue weighted by molar-refractivity contribution is 5.84. The van der Waals surface area contributed by atoms with E-state index in [-0.39, 0.29) is 0 Å². The van der Waals surface area contributed by atoms with Crippen LogP contribution in [-0.2, 0) is 4.79 Å². The van der Waals surface area contributed by atoms with Gasteiger partial charge in [-0.1, -0.05) is 0 Å². The number of nitrogens with zero attached hydrogens (tertiary/aromatic N) is 1. The molecule has 0 aliphatic carbocycles. The van der Waals surface area contributed by atoms with Crippen molar-refractivity contribution in [3.63, 3.8) is 0 Å². The Hall–Kier alpha value is -2.06. The number of hydrogen-bond acceptors (Lipinski definition) is 3. The van der Waals surface area contributed by atoms with Crippen molar-refractivity contribution < 1.29 is 9.53 Å². The predicted octanol–water partition coefficient (Wildman–Crippen LogP) is 2.14. The number of carbonyl (C=O) groups excluding carboxylic acids is 1. The van der Waals surface area contributed by atoms with Gasteiger partial charge >= 0.3 is 0 Å². The second kappa shape index (κ2) is 3.36. The maximum atomic E-state index is 10.0. The number of fused-ring (bicyclic) bond motifs is 1. The number of aromatic amines is 1. The number of aromatic nitrogens is 1. The molecule has 0 amide bonds. The Labute approximate surface area is 80.2 Å². The van der Waals surface area contributed by atoms with E-state index in [1.54, 1.807) is 13.2 Å². The van der Waals surface area contributed by atoms with Crippen molar-refractivity contribution in [1.29, 1.82) is 0 Å². The SMILES string of the molecule is COc1ccc2cc(N=C=O)[nH]c2c1. The molecular formula is C10H8N2O2. The van der Waals surface area contributed by atoms with Gasteiger partial charge in [0.1, 0.15) is 11.6 Å². The summed E-state index contributed by atoms with van der Waals surface area (Å²) in [7, 11) is 1.61. The lowest BCUT2D eigenvalue weighted by molar-refractivity contribution is 0.415. The Morgan fingerprint density at radius 2 is 2.29 bits per heavy atom. The molecule has 1 heterocycles. The van der Waals surface area contributed by atoms with Crippen LogP contribution < -0.4 is 4.74 Å². The summed E-state index contributed by atoms with van der Waals surface area (Å²) < 4.78 is 5.06. The Morgan fingerprint density at radius 3 is 3.00 bits per heavy atom. The molecule has 1 aromatic heterocycles. The summed E-state index contributed by atoms with van der Waals surface area (Å²) in [6.07, 6.45) is 1.49. The van der Waals surface area contributed by atoms with E-state index in [1.807, 2.05) is 18.2 Å². The molecule has 0 saturated heterocycles. The molecule has 0 aliphatic heterocycles. The van der Waals surface area contributed by atoms with E-state index in [9.17, 15) is 4.79 Å². The van der Waals surface area contributed by atoms with Crippen LogP contribution in [0, 0.1) is 0 Å². The van der Waals surface area contributed by atoms with Gasteiger partial charge in [-0.05, 0) is 18.2 Å². The summed E-state index contributed by atoms with van der Waals surface area (Å²) in [4.78, 5) is 16.5. The van der Waals surface area contributed by atoms with Crippen molar-refractivity contribution in [3.8, 4) is 5.75 Å². The van der Waals surface area contributed by atoms with Gasteiger partial charge in [-0.25, -0.2) is 4.79 Å². The number of isocyanates is 1. The maximum absolute atomic E-state index is 10.0. The largest absolute Gasteiger partial charge is 0.497 e. The third-order valence-corrected chi connectivity index (χ3v) is 1.98. The molecule has 2 aromatic rings. The zero-order valence-electron chi connectivity index (χ0n) is 7.57. The summed E-state index contributed by atoms with van der Waals surface area (Å²) in [5.41, 5.74) is 0.887. The molecule has 4 nitrogen and oxygen atoms in total. The fraction of sp³-hybridized carbons (Fsp3) is 0.100. The predicted molar refractivity (Wildman–Crippen MR) is 52.6 cm³/mol. The summed E-state index contributed by atoms with van der Waals surface area (Å²) in [5.74, 6) is 1.27. The molecule has 0 aliphatic rings. The number of rotatable bonds is 2. The molecular weight excluding hydrogens is 180 g/mol. The monoisotopic (exact) mass is 188 g/mol. The highest BCUT2D eigenvalue weighted by Gasteiger charge is 2.00. The number of aliphatic imine (C=N–C) groups is 1. The van der Waals surface area contributed by atoms with Crippen LogP contribution in [0.25, 0.3) is 10.9 Å². The van der Waals surface area contributed by atoms with Gasteiger partial charge in [0.05, 0.1) is 12.6 Å². The van der Waals surface area contributed by atoms with Crippen LogP contribution >= 0.6 is 0 Å². The van der Waals surface area contributed by atoms with Crippen LogP contribution in [0.3, 0.4) is 0 Å². The van der Waals surface area contributed by atoms with E-state index in [1.165, 1.54) is 6.08 Å². The van der Waals surface area contributed by atoms with E-state index in [4.69, 9.17) is 4.74 Å². The molecule has 70 valence electrons. The van der Waals surface area contributed by atoms with Crippen molar-refractivity contribution in [1.82, 2.24) is 4.98 Å². The average molecular weight is 188 g/mol. The molecule has 0 spiro atoms. The smallest absolute Gasteiger partial charge is 0.242 e. The van der Waals surface area contributed by atoms with Crippen LogP contribution in [0.1, 0.15) is 0 Å². The number of benzene rings is 1. The Kier molecular flexibility index (Phi) is 2.05. The van der Waals surface area contributed by atoms with Gasteiger partial charge in [0, 0.05) is 11.5 Å². The average Bonchev–Trinajstić information content (AvgIpc) is 2.59. The van der Waals surface area contributed by atoms with Gasteiger partial charge in [0.25, 0.3) is 0 Å². The summed E-state index contributed by atoms with van der Waals surface area (Å²) >= 11 is 0. The van der Waals surface area contributed by atoms with E-state index in [0.717, 1.165) is 16.7 Å². The second-order valence-electron chi connectivity index (χ2n) is 2.81. The van der Waals surface area contributed by atoms with Crippen LogP contribution in [0.5, 0.6) is 5.75 Å². The van der Waals surface area contributed by atoms with Crippen molar-refractivity contribution in [3.05, 3.63) is 24.3 Å². The molecule has 14 heavy (non-hydrogen) atoms. The zero-order chi connectivity index (χ0) is 9.97. The molecule has 0 fully saturated rings. The lowest BCUT2D eigenvalue weighted by Gasteiger charge is -1.97. The van der Waals surface area contributed by atoms with Crippen LogP contribution in [0.4, 0.5) is 5.82 Å². The number of ether oxygens (including phenoxy) is 1. The van der Waals surface area contributed by atoms with E-state index in [0.29, 0.717) is 5.82 Å². The van der Waals surface area contributed by atoms with Gasteiger partial charge in [0.15, 0.2) is 0 Å². The standard InChI is InChI=1S/C10H8N2O2/c1-14-8-3-2-7-4-10(11-6-13)12-9(7)5-8/h2-5,12H,1H3. The van der Waals surface area contributed by atoms with Gasteiger partial charge in [-0.15, -0.1) is 4.99 Å². The third kappa shape index (κ3) is 1.39. The normalized spacial score (nSPS) is 9.79. The number of nitrogens with one attached hydrogen (secondary N) is 1. The highest BCUT2D eigenvalue weighted by atomic mass is 16.5. The van der Waals surface area contributed by atoms with Crippen molar-refractivity contribution in [2.75, 3.05) is 7.11 Å². The first-order chi connectivity index (χ1) is 6.83. The van der Waals surface area contributed by atoms with Crippen LogP contribution in [-0.4, -0.2) is 18.2 Å². The minimum absolute atomic E-state index is 0.503. The molecule has 0 unspecified atom stereocenters. The summed E-state index contributed by atoms with van der Waals surface area (Å²) in [6.45, 7) is 0. The topological polar surface area (TPSA) is 54.4 Å². The number of H-pyrrole nitrogens is 1. The molecule has 0 atom stereocenters. The first-order valence-corrected chi connectivity index (χ1v) is 4.08. The van der Waals surface area contributed by atoms with Crippen LogP contribution in [0.2, 0.25) is 0 Å². The summed E-state index contributed by atoms with van der Waals surface area (Å²) in [5, 5.41) is 0.986. The van der Waals surface area contributed by atoms with Crippen molar-refractivity contribution in [2.45, 2.75) is 0 Å². The van der Waals surface area contributed by atoms with Gasteiger partial charge < -0.3 is 9.72 Å². The molecule has 4 heteroatoms. The fourth-order valence-corrected chi connectivity index (χ4v) is 1.33. The highest BCUT2D eigenvalue weighted by Crippen LogP contribution is 2.24. The Morgan fingerprint density at radius 1 is 1.43 bits per heavy atom. The van der Waals surface area contributed by atoms with E-state index < -0.39 is 0 Å². The fourth-order valence-electron chi connectivity index (χ4n) is 1.33.